The number of rotatable bonds is 9. The number of aromatic amines is 1. The lowest BCUT2D eigenvalue weighted by molar-refractivity contribution is 0.454. The molecular formula is C29H30FN3O4S. The zero-order valence-electron chi connectivity index (χ0n) is 21.5. The maximum Gasteiger partial charge on any atom is 0.271 e. The number of nitrogens with one attached hydrogen (secondary N) is 1. The lowest BCUT2D eigenvalue weighted by Gasteiger charge is -2.27. The van der Waals surface area contributed by atoms with E-state index in [0.717, 1.165) is 18.5 Å². The second-order valence-corrected chi connectivity index (χ2v) is 10.8. The van der Waals surface area contributed by atoms with E-state index in [1.54, 1.807) is 30.0 Å². The Morgan fingerprint density at radius 3 is 2.29 bits per heavy atom. The monoisotopic (exact) mass is 535 g/mol. The molecule has 198 valence electrons. The summed E-state index contributed by atoms with van der Waals surface area (Å²) in [7, 11) is -4.40. The summed E-state index contributed by atoms with van der Waals surface area (Å²) < 4.78 is 40.8. The number of H-pyrrole nitrogens is 1. The summed E-state index contributed by atoms with van der Waals surface area (Å²) in [5.74, 6) is -1.18. The lowest BCUT2D eigenvalue weighted by atomic mass is 10.1. The molecule has 2 aromatic carbocycles. The van der Waals surface area contributed by atoms with Gasteiger partial charge in [-0.05, 0) is 68.7 Å². The number of nitrogens with zero attached hydrogens (tertiary/aromatic N) is 2. The Kier molecular flexibility index (Phi) is 7.97. The van der Waals surface area contributed by atoms with Crippen molar-refractivity contribution in [2.45, 2.75) is 49.8 Å². The zero-order chi connectivity index (χ0) is 27.4. The van der Waals surface area contributed by atoms with E-state index in [0.29, 0.717) is 35.5 Å². The van der Waals surface area contributed by atoms with Crippen molar-refractivity contribution in [2.75, 3.05) is 11.4 Å². The molecule has 0 atom stereocenters. The van der Waals surface area contributed by atoms with Crippen molar-refractivity contribution in [2.24, 2.45) is 0 Å². The fraction of sp³-hybridized carbons (Fsp3) is 0.241. The van der Waals surface area contributed by atoms with Crippen LogP contribution < -0.4 is 10.5 Å². The Labute approximate surface area is 221 Å². The molecule has 7 nitrogen and oxygen atoms in total. The first-order valence-electron chi connectivity index (χ1n) is 12.5. The number of aromatic hydroxyl groups is 1. The highest BCUT2D eigenvalue weighted by molar-refractivity contribution is 7.91. The second kappa shape index (κ2) is 11.2. The molecule has 0 bridgehead atoms. The number of anilines is 2. The summed E-state index contributed by atoms with van der Waals surface area (Å²) in [5, 5.41) is 11.4. The summed E-state index contributed by atoms with van der Waals surface area (Å²) in [5.41, 5.74) is 2.39. The van der Waals surface area contributed by atoms with Crippen LogP contribution in [0.4, 0.5) is 15.8 Å². The van der Waals surface area contributed by atoms with E-state index in [2.05, 4.69) is 9.97 Å². The van der Waals surface area contributed by atoms with Gasteiger partial charge in [0, 0.05) is 29.2 Å². The van der Waals surface area contributed by atoms with E-state index in [4.69, 9.17) is 0 Å². The molecular weight excluding hydrogens is 505 g/mol. The number of aromatic nitrogens is 2. The molecule has 9 heteroatoms. The van der Waals surface area contributed by atoms with Crippen LogP contribution in [0.5, 0.6) is 5.75 Å². The molecule has 0 aliphatic heterocycles. The van der Waals surface area contributed by atoms with Gasteiger partial charge in [0.25, 0.3) is 5.56 Å². The van der Waals surface area contributed by atoms with Crippen molar-refractivity contribution in [3.8, 4) is 16.9 Å². The van der Waals surface area contributed by atoms with Crippen LogP contribution in [0.15, 0.2) is 81.3 Å². The average molecular weight is 536 g/mol. The molecule has 0 saturated heterocycles. The number of benzene rings is 2. The molecule has 2 heterocycles. The van der Waals surface area contributed by atoms with E-state index >= 15 is 0 Å². The average Bonchev–Trinajstić information content (AvgIpc) is 2.90. The van der Waals surface area contributed by atoms with Gasteiger partial charge in [0.2, 0.25) is 15.8 Å². The molecule has 4 rings (SSSR count). The van der Waals surface area contributed by atoms with Crippen molar-refractivity contribution in [3.05, 3.63) is 94.4 Å². The van der Waals surface area contributed by atoms with Crippen LogP contribution in [0.25, 0.3) is 11.1 Å². The largest absolute Gasteiger partial charge is 0.504 e. The van der Waals surface area contributed by atoms with Gasteiger partial charge in [-0.25, -0.2) is 13.4 Å². The van der Waals surface area contributed by atoms with Crippen molar-refractivity contribution in [1.82, 2.24) is 9.97 Å². The van der Waals surface area contributed by atoms with Crippen molar-refractivity contribution in [1.29, 1.82) is 0 Å². The summed E-state index contributed by atoms with van der Waals surface area (Å²) in [6.45, 7) is 6.00. The number of pyridine rings is 2. The summed E-state index contributed by atoms with van der Waals surface area (Å²) in [6.07, 6.45) is 2.08. The molecule has 2 N–H and O–H groups in total. The van der Waals surface area contributed by atoms with Crippen molar-refractivity contribution >= 4 is 21.2 Å². The van der Waals surface area contributed by atoms with E-state index in [-0.39, 0.29) is 10.6 Å². The van der Waals surface area contributed by atoms with Gasteiger partial charge >= 0.3 is 0 Å². The number of hydrogen-bond acceptors (Lipinski definition) is 6. The molecule has 0 fully saturated rings. The Hall–Kier alpha value is -3.98. The zero-order valence-corrected chi connectivity index (χ0v) is 22.3. The summed E-state index contributed by atoms with van der Waals surface area (Å²) in [4.78, 5) is 20.7. The molecule has 0 unspecified atom stereocenters. The molecule has 0 radical (unpaired) electrons. The predicted molar refractivity (Wildman–Crippen MR) is 146 cm³/mol. The number of halogens is 1. The fourth-order valence-electron chi connectivity index (χ4n) is 4.53. The molecule has 2 aromatic heterocycles. The van der Waals surface area contributed by atoms with Crippen LogP contribution in [0.2, 0.25) is 0 Å². The third-order valence-corrected chi connectivity index (χ3v) is 8.24. The third-order valence-electron chi connectivity index (χ3n) is 6.43. The van der Waals surface area contributed by atoms with Crippen LogP contribution in [-0.2, 0) is 16.3 Å². The number of unbranched alkanes of at least 4 members (excludes halogenated alkanes) is 1. The summed E-state index contributed by atoms with van der Waals surface area (Å²) >= 11 is 0. The minimum atomic E-state index is -4.40. The predicted octanol–water partition coefficient (Wildman–Crippen LogP) is 5.92. The third kappa shape index (κ3) is 5.19. The highest BCUT2D eigenvalue weighted by Gasteiger charge is 2.31. The fourth-order valence-corrected chi connectivity index (χ4v) is 5.91. The van der Waals surface area contributed by atoms with Gasteiger partial charge < -0.3 is 15.0 Å². The standard InChI is InChI=1S/C29H30FN3O4S/c1-4-6-12-24-26(33(5-2)21-10-8-7-9-11-21)27(34)28(29(35)32-24)38(36,37)22-15-13-20(14-16-22)23-17-18-25(30)31-19(23)3/h7-11,13-18H,4-6,12H2,1-3H3,(H2,32,34,35). The number of sulfone groups is 1. The van der Waals surface area contributed by atoms with Gasteiger partial charge in [0.1, 0.15) is 5.69 Å². The quantitative estimate of drug-likeness (QED) is 0.258. The Balaban J connectivity index is 1.85. The molecule has 0 spiro atoms. The minimum Gasteiger partial charge on any atom is -0.504 e. The molecule has 4 aromatic rings. The van der Waals surface area contributed by atoms with E-state index in [9.17, 15) is 22.7 Å². The van der Waals surface area contributed by atoms with Crippen LogP contribution in [-0.4, -0.2) is 30.0 Å². The smallest absolute Gasteiger partial charge is 0.271 e. The lowest BCUT2D eigenvalue weighted by Crippen LogP contribution is -2.25. The molecule has 0 aliphatic rings. The molecule has 0 aliphatic carbocycles. The van der Waals surface area contributed by atoms with Crippen LogP contribution in [0, 0.1) is 12.9 Å². The summed E-state index contributed by atoms with van der Waals surface area (Å²) in [6, 6.07) is 18.0. The van der Waals surface area contributed by atoms with Gasteiger partial charge in [0.05, 0.1) is 4.90 Å². The Bertz CT molecular complexity index is 1600. The second-order valence-electron chi connectivity index (χ2n) is 8.94. The number of para-hydroxylation sites is 1. The van der Waals surface area contributed by atoms with E-state index in [1.807, 2.05) is 44.2 Å². The van der Waals surface area contributed by atoms with E-state index in [1.165, 1.54) is 18.2 Å². The number of hydrogen-bond donors (Lipinski definition) is 2. The highest BCUT2D eigenvalue weighted by Crippen LogP contribution is 2.40. The normalized spacial score (nSPS) is 11.5. The topological polar surface area (TPSA) is 103 Å². The van der Waals surface area contributed by atoms with Crippen molar-refractivity contribution < 1.29 is 17.9 Å². The van der Waals surface area contributed by atoms with Gasteiger partial charge in [-0.3, -0.25) is 4.79 Å². The van der Waals surface area contributed by atoms with Crippen LogP contribution in [0.3, 0.4) is 0 Å². The van der Waals surface area contributed by atoms with E-state index < -0.39 is 32.0 Å². The van der Waals surface area contributed by atoms with Crippen LogP contribution in [0.1, 0.15) is 38.1 Å². The Morgan fingerprint density at radius 1 is 1.00 bits per heavy atom. The number of aryl methyl sites for hydroxylation is 2. The van der Waals surface area contributed by atoms with Crippen LogP contribution >= 0.6 is 0 Å². The Morgan fingerprint density at radius 2 is 1.68 bits per heavy atom. The van der Waals surface area contributed by atoms with Gasteiger partial charge in [-0.2, -0.15) is 4.39 Å². The molecule has 0 saturated carbocycles. The van der Waals surface area contributed by atoms with Gasteiger partial charge in [0.15, 0.2) is 10.6 Å². The molecule has 38 heavy (non-hydrogen) atoms. The van der Waals surface area contributed by atoms with Gasteiger partial charge in [-0.1, -0.05) is 43.7 Å². The first-order chi connectivity index (χ1) is 18.2. The highest BCUT2D eigenvalue weighted by atomic mass is 32.2. The van der Waals surface area contributed by atoms with Crippen molar-refractivity contribution in [3.63, 3.8) is 0 Å². The van der Waals surface area contributed by atoms with Gasteiger partial charge in [-0.15, -0.1) is 0 Å². The first-order valence-corrected chi connectivity index (χ1v) is 14.0. The molecule has 0 amide bonds. The SMILES string of the molecule is CCCCc1[nH]c(=O)c(S(=O)(=O)c2ccc(-c3ccc(F)nc3C)cc2)c(O)c1N(CC)c1ccccc1. The minimum absolute atomic E-state index is 0.148. The first kappa shape index (κ1) is 27.1. The maximum absolute atomic E-state index is 13.7. The maximum atomic E-state index is 13.7.